The molecular weight excluding hydrogens is 292 g/mol. The standard InChI is InChI=1S/C14H14N2O2S2/c15-11-5-3-9(13(7-11)19-17)1-2-10-4-6-12(16)8-14(10)20-18/h1-8,17-18H,15-16H2/b2-1+. The molecule has 0 fully saturated rings. The van der Waals surface area contributed by atoms with E-state index in [9.17, 15) is 9.11 Å². The summed E-state index contributed by atoms with van der Waals surface area (Å²) < 4.78 is 18.5. The Labute approximate surface area is 125 Å². The fourth-order valence-electron chi connectivity index (χ4n) is 1.71. The van der Waals surface area contributed by atoms with E-state index >= 15 is 0 Å². The molecule has 2 aromatic carbocycles. The van der Waals surface area contributed by atoms with Crippen molar-refractivity contribution < 1.29 is 9.11 Å². The van der Waals surface area contributed by atoms with Crippen LogP contribution in [0.25, 0.3) is 12.2 Å². The lowest BCUT2D eigenvalue weighted by molar-refractivity contribution is 0.663. The molecule has 6 heteroatoms. The Hall–Kier alpha value is -1.60. The van der Waals surface area contributed by atoms with Crippen LogP contribution >= 0.6 is 24.1 Å². The van der Waals surface area contributed by atoms with Gasteiger partial charge in [0.1, 0.15) is 0 Å². The summed E-state index contributed by atoms with van der Waals surface area (Å²) in [5, 5.41) is 0. The van der Waals surface area contributed by atoms with E-state index in [1.54, 1.807) is 24.3 Å². The molecule has 0 atom stereocenters. The second kappa shape index (κ2) is 6.71. The molecule has 0 unspecified atom stereocenters. The van der Waals surface area contributed by atoms with Crippen LogP contribution < -0.4 is 11.5 Å². The maximum atomic E-state index is 9.24. The summed E-state index contributed by atoms with van der Waals surface area (Å²) in [4.78, 5) is 1.35. The van der Waals surface area contributed by atoms with Gasteiger partial charge in [0.2, 0.25) is 0 Å². The zero-order valence-electron chi connectivity index (χ0n) is 10.5. The zero-order chi connectivity index (χ0) is 14.5. The largest absolute Gasteiger partial charge is 0.399 e. The minimum atomic E-state index is 0.595. The molecule has 2 aromatic rings. The maximum Gasteiger partial charge on any atom is 0.0443 e. The van der Waals surface area contributed by atoms with Gasteiger partial charge in [-0.2, -0.15) is 0 Å². The summed E-state index contributed by atoms with van der Waals surface area (Å²) in [7, 11) is 0. The van der Waals surface area contributed by atoms with Crippen molar-refractivity contribution in [3.8, 4) is 0 Å². The van der Waals surface area contributed by atoms with Gasteiger partial charge in [0, 0.05) is 45.3 Å². The van der Waals surface area contributed by atoms with Crippen LogP contribution in [0.4, 0.5) is 11.4 Å². The fraction of sp³-hybridized carbons (Fsp3) is 0. The van der Waals surface area contributed by atoms with Gasteiger partial charge in [-0.05, 0) is 35.4 Å². The van der Waals surface area contributed by atoms with Crippen LogP contribution in [0.15, 0.2) is 46.2 Å². The fourth-order valence-corrected chi connectivity index (χ4v) is 2.58. The smallest absolute Gasteiger partial charge is 0.0443 e. The molecule has 0 spiro atoms. The van der Waals surface area contributed by atoms with Crippen molar-refractivity contribution >= 4 is 47.6 Å². The molecule has 0 amide bonds. The van der Waals surface area contributed by atoms with Crippen molar-refractivity contribution in [1.82, 2.24) is 0 Å². The van der Waals surface area contributed by atoms with E-state index < -0.39 is 0 Å². The number of hydrogen-bond acceptors (Lipinski definition) is 6. The van der Waals surface area contributed by atoms with Crippen LogP contribution in [0.3, 0.4) is 0 Å². The topological polar surface area (TPSA) is 92.5 Å². The second-order valence-corrected chi connectivity index (χ2v) is 5.36. The summed E-state index contributed by atoms with van der Waals surface area (Å²) in [5.41, 5.74) is 14.2. The van der Waals surface area contributed by atoms with Crippen LogP contribution in [-0.4, -0.2) is 9.11 Å². The lowest BCUT2D eigenvalue weighted by Crippen LogP contribution is -1.88. The predicted octanol–water partition coefficient (Wildman–Crippen LogP) is 4.15. The first-order valence-electron chi connectivity index (χ1n) is 5.74. The predicted molar refractivity (Wildman–Crippen MR) is 87.6 cm³/mol. The highest BCUT2D eigenvalue weighted by atomic mass is 32.2. The average Bonchev–Trinajstić information content (AvgIpc) is 2.46. The van der Waals surface area contributed by atoms with Gasteiger partial charge in [-0.25, -0.2) is 0 Å². The summed E-state index contributed by atoms with van der Waals surface area (Å²) in [5.74, 6) is 0. The molecule has 0 aromatic heterocycles. The average molecular weight is 306 g/mol. The number of nitrogens with two attached hydrogens (primary N) is 2. The number of nitrogen functional groups attached to an aromatic ring is 2. The van der Waals surface area contributed by atoms with Crippen LogP contribution in [-0.2, 0) is 0 Å². The van der Waals surface area contributed by atoms with Gasteiger partial charge in [-0.15, -0.1) is 0 Å². The third-order valence-corrected chi connectivity index (χ3v) is 3.81. The van der Waals surface area contributed by atoms with Crippen molar-refractivity contribution in [3.05, 3.63) is 47.5 Å². The summed E-state index contributed by atoms with van der Waals surface area (Å²) in [6.45, 7) is 0. The first-order valence-corrected chi connectivity index (χ1v) is 7.28. The third kappa shape index (κ3) is 3.49. The number of hydrogen-bond donors (Lipinski definition) is 4. The molecule has 104 valence electrons. The Morgan fingerprint density at radius 1 is 0.750 bits per heavy atom. The highest BCUT2D eigenvalue weighted by Crippen LogP contribution is 2.27. The molecular formula is C14H14N2O2S2. The summed E-state index contributed by atoms with van der Waals surface area (Å²) in [6, 6.07) is 10.6. The SMILES string of the molecule is Nc1ccc(/C=C/c2ccc(N)cc2SO)c(SO)c1. The minimum absolute atomic E-state index is 0.595. The number of benzene rings is 2. The van der Waals surface area contributed by atoms with Gasteiger partial charge in [-0.1, -0.05) is 24.3 Å². The molecule has 4 nitrogen and oxygen atoms in total. The highest BCUT2D eigenvalue weighted by molar-refractivity contribution is 7.94. The van der Waals surface area contributed by atoms with E-state index in [1.807, 2.05) is 24.3 Å². The van der Waals surface area contributed by atoms with Gasteiger partial charge < -0.3 is 20.6 Å². The van der Waals surface area contributed by atoms with Crippen molar-refractivity contribution in [2.75, 3.05) is 11.5 Å². The molecule has 0 bridgehead atoms. The van der Waals surface area contributed by atoms with E-state index in [4.69, 9.17) is 11.5 Å². The maximum absolute atomic E-state index is 9.24. The number of rotatable bonds is 4. The molecule has 0 radical (unpaired) electrons. The zero-order valence-corrected chi connectivity index (χ0v) is 12.1. The van der Waals surface area contributed by atoms with E-state index in [0.717, 1.165) is 11.1 Å². The normalized spacial score (nSPS) is 11.1. The van der Waals surface area contributed by atoms with Gasteiger partial charge in [0.15, 0.2) is 0 Å². The van der Waals surface area contributed by atoms with Gasteiger partial charge >= 0.3 is 0 Å². The lowest BCUT2D eigenvalue weighted by atomic mass is 10.1. The van der Waals surface area contributed by atoms with E-state index in [2.05, 4.69) is 0 Å². The monoisotopic (exact) mass is 306 g/mol. The Balaban J connectivity index is 2.34. The molecule has 0 aliphatic heterocycles. The van der Waals surface area contributed by atoms with Crippen LogP contribution in [0, 0.1) is 0 Å². The third-order valence-electron chi connectivity index (χ3n) is 2.71. The number of anilines is 2. The molecule has 0 heterocycles. The van der Waals surface area contributed by atoms with E-state index in [0.29, 0.717) is 45.3 Å². The van der Waals surface area contributed by atoms with Crippen LogP contribution in [0.1, 0.15) is 11.1 Å². The first-order chi connectivity index (χ1) is 9.63. The molecule has 2 rings (SSSR count). The summed E-state index contributed by atoms with van der Waals surface area (Å²) >= 11 is 1.30. The molecule has 0 saturated heterocycles. The van der Waals surface area contributed by atoms with E-state index in [1.165, 1.54) is 0 Å². The van der Waals surface area contributed by atoms with Gasteiger partial charge in [-0.3, -0.25) is 0 Å². The van der Waals surface area contributed by atoms with Gasteiger partial charge in [0.25, 0.3) is 0 Å². The molecule has 20 heavy (non-hydrogen) atoms. The van der Waals surface area contributed by atoms with Crippen molar-refractivity contribution in [2.45, 2.75) is 9.79 Å². The summed E-state index contributed by atoms with van der Waals surface area (Å²) in [6.07, 6.45) is 3.70. The molecule has 0 aliphatic rings. The van der Waals surface area contributed by atoms with Crippen LogP contribution in [0.5, 0.6) is 0 Å². The lowest BCUT2D eigenvalue weighted by Gasteiger charge is -2.05. The second-order valence-electron chi connectivity index (χ2n) is 4.11. The highest BCUT2D eigenvalue weighted by Gasteiger charge is 2.03. The van der Waals surface area contributed by atoms with Gasteiger partial charge in [0.05, 0.1) is 0 Å². The van der Waals surface area contributed by atoms with Crippen molar-refractivity contribution in [2.24, 2.45) is 0 Å². The molecule has 0 saturated carbocycles. The van der Waals surface area contributed by atoms with Crippen molar-refractivity contribution in [1.29, 1.82) is 0 Å². The van der Waals surface area contributed by atoms with E-state index in [-0.39, 0.29) is 0 Å². The van der Waals surface area contributed by atoms with Crippen molar-refractivity contribution in [3.63, 3.8) is 0 Å². The Bertz CT molecular complexity index is 590. The minimum Gasteiger partial charge on any atom is -0.399 e. The Morgan fingerprint density at radius 3 is 1.50 bits per heavy atom. The Kier molecular flexibility index (Phi) is 4.97. The Morgan fingerprint density at radius 2 is 1.15 bits per heavy atom. The molecule has 0 aliphatic carbocycles. The van der Waals surface area contributed by atoms with Crippen LogP contribution in [0.2, 0.25) is 0 Å². The quantitative estimate of drug-likeness (QED) is 0.385. The first kappa shape index (κ1) is 14.8. The molecule has 6 N–H and O–H groups in total.